The highest BCUT2D eigenvalue weighted by Gasteiger charge is 2.10. The summed E-state index contributed by atoms with van der Waals surface area (Å²) < 4.78 is 0. The molecule has 3 heteroatoms. The zero-order chi connectivity index (χ0) is 13.1. The molecule has 0 aliphatic carbocycles. The minimum absolute atomic E-state index is 0.149. The minimum atomic E-state index is -1.02. The molecule has 0 bridgehead atoms. The van der Waals surface area contributed by atoms with Crippen LogP contribution in [0.2, 0.25) is 0 Å². The van der Waals surface area contributed by atoms with E-state index in [1.807, 2.05) is 37.3 Å². The van der Waals surface area contributed by atoms with Gasteiger partial charge in [-0.1, -0.05) is 42.0 Å². The predicted octanol–water partition coefficient (Wildman–Crippen LogP) is 2.85. The number of aliphatic hydroxyl groups excluding tert-OH is 1. The van der Waals surface area contributed by atoms with Gasteiger partial charge in [-0.3, -0.25) is 0 Å². The number of carboxylic acids is 1. The van der Waals surface area contributed by atoms with Crippen LogP contribution in [0.5, 0.6) is 0 Å². The summed E-state index contributed by atoms with van der Waals surface area (Å²) in [5.41, 5.74) is 3.54. The Bertz CT molecular complexity index is 571. The second kappa shape index (κ2) is 5.02. The van der Waals surface area contributed by atoms with Crippen molar-refractivity contribution in [3.63, 3.8) is 0 Å². The van der Waals surface area contributed by atoms with Crippen LogP contribution in [-0.4, -0.2) is 16.2 Å². The van der Waals surface area contributed by atoms with Crippen LogP contribution in [0.1, 0.15) is 21.5 Å². The van der Waals surface area contributed by atoms with Crippen LogP contribution in [0.3, 0.4) is 0 Å². The molecule has 18 heavy (non-hydrogen) atoms. The second-order valence-corrected chi connectivity index (χ2v) is 4.20. The summed E-state index contributed by atoms with van der Waals surface area (Å²) in [5, 5.41) is 18.2. The van der Waals surface area contributed by atoms with Crippen molar-refractivity contribution >= 4 is 5.97 Å². The lowest BCUT2D eigenvalue weighted by Crippen LogP contribution is -2.02. The van der Waals surface area contributed by atoms with Crippen molar-refractivity contribution in [2.75, 3.05) is 0 Å². The summed E-state index contributed by atoms with van der Waals surface area (Å²) >= 11 is 0. The number of hydrogen-bond acceptors (Lipinski definition) is 2. The highest BCUT2D eigenvalue weighted by molar-refractivity contribution is 5.91. The number of benzene rings is 2. The average Bonchev–Trinajstić information content (AvgIpc) is 2.39. The number of aryl methyl sites for hydroxylation is 1. The predicted molar refractivity (Wildman–Crippen MR) is 69.5 cm³/mol. The molecule has 0 heterocycles. The van der Waals surface area contributed by atoms with Gasteiger partial charge in [-0.05, 0) is 29.7 Å². The van der Waals surface area contributed by atoms with Crippen molar-refractivity contribution in [1.82, 2.24) is 0 Å². The highest BCUT2D eigenvalue weighted by atomic mass is 16.4. The molecule has 0 spiro atoms. The SMILES string of the molecule is Cc1ccc(-c2ccc(CO)c(C(=O)O)c2)cc1. The molecule has 0 saturated carbocycles. The fraction of sp³-hybridized carbons (Fsp3) is 0.133. The summed E-state index contributed by atoms with van der Waals surface area (Å²) in [7, 11) is 0. The van der Waals surface area contributed by atoms with Crippen molar-refractivity contribution in [2.45, 2.75) is 13.5 Å². The van der Waals surface area contributed by atoms with E-state index in [-0.39, 0.29) is 12.2 Å². The summed E-state index contributed by atoms with van der Waals surface area (Å²) in [6.07, 6.45) is 0. The fourth-order valence-electron chi connectivity index (χ4n) is 1.84. The van der Waals surface area contributed by atoms with Gasteiger partial charge in [0.25, 0.3) is 0 Å². The van der Waals surface area contributed by atoms with E-state index in [9.17, 15) is 4.79 Å². The molecular formula is C15H14O3. The lowest BCUT2D eigenvalue weighted by Gasteiger charge is -2.07. The maximum Gasteiger partial charge on any atom is 0.336 e. The molecule has 0 saturated heterocycles. The number of rotatable bonds is 3. The van der Waals surface area contributed by atoms with Crippen molar-refractivity contribution in [3.05, 3.63) is 59.2 Å². The summed E-state index contributed by atoms with van der Waals surface area (Å²) in [6, 6.07) is 12.9. The van der Waals surface area contributed by atoms with E-state index in [1.165, 1.54) is 0 Å². The second-order valence-electron chi connectivity index (χ2n) is 4.20. The van der Waals surface area contributed by atoms with Crippen LogP contribution in [0, 0.1) is 6.92 Å². The van der Waals surface area contributed by atoms with Gasteiger partial charge >= 0.3 is 5.97 Å². The standard InChI is InChI=1S/C15H14O3/c1-10-2-4-11(5-3-10)12-6-7-13(9-16)14(8-12)15(17)18/h2-8,16H,9H2,1H3,(H,17,18). The Hall–Kier alpha value is -2.13. The molecule has 0 amide bonds. The van der Waals surface area contributed by atoms with Crippen LogP contribution in [0.25, 0.3) is 11.1 Å². The topological polar surface area (TPSA) is 57.5 Å². The van der Waals surface area contributed by atoms with Crippen molar-refractivity contribution in [2.24, 2.45) is 0 Å². The first-order chi connectivity index (χ1) is 8.61. The molecule has 92 valence electrons. The lowest BCUT2D eigenvalue weighted by molar-refractivity contribution is 0.0693. The Morgan fingerprint density at radius 1 is 1.06 bits per heavy atom. The van der Waals surface area contributed by atoms with E-state index < -0.39 is 5.97 Å². The quantitative estimate of drug-likeness (QED) is 0.870. The zero-order valence-corrected chi connectivity index (χ0v) is 10.1. The number of aliphatic hydroxyl groups is 1. The van der Waals surface area contributed by atoms with Gasteiger partial charge in [-0.25, -0.2) is 4.79 Å². The molecule has 0 radical (unpaired) electrons. The summed E-state index contributed by atoms with van der Waals surface area (Å²) in [6.45, 7) is 1.73. The first-order valence-electron chi connectivity index (χ1n) is 5.66. The number of carboxylic acid groups (broad SMARTS) is 1. The summed E-state index contributed by atoms with van der Waals surface area (Å²) in [4.78, 5) is 11.1. The molecule has 0 unspecified atom stereocenters. The van der Waals surface area contributed by atoms with E-state index in [0.717, 1.165) is 16.7 Å². The maximum absolute atomic E-state index is 11.1. The van der Waals surface area contributed by atoms with Crippen LogP contribution in [0.4, 0.5) is 0 Å². The Labute approximate surface area is 105 Å². The molecule has 3 nitrogen and oxygen atoms in total. The Balaban J connectivity index is 2.49. The normalized spacial score (nSPS) is 10.3. The van der Waals surface area contributed by atoms with Gasteiger partial charge in [0.2, 0.25) is 0 Å². The van der Waals surface area contributed by atoms with E-state index >= 15 is 0 Å². The third-order valence-corrected chi connectivity index (χ3v) is 2.90. The average molecular weight is 242 g/mol. The van der Waals surface area contributed by atoms with Gasteiger partial charge in [-0.2, -0.15) is 0 Å². The molecule has 2 aromatic rings. The molecule has 2 N–H and O–H groups in total. The first kappa shape index (κ1) is 12.3. The van der Waals surface area contributed by atoms with Gasteiger partial charge in [0, 0.05) is 0 Å². The fourth-order valence-corrected chi connectivity index (χ4v) is 1.84. The van der Waals surface area contributed by atoms with Crippen molar-refractivity contribution in [1.29, 1.82) is 0 Å². The van der Waals surface area contributed by atoms with Gasteiger partial charge in [0.1, 0.15) is 0 Å². The highest BCUT2D eigenvalue weighted by Crippen LogP contribution is 2.23. The summed E-state index contributed by atoms with van der Waals surface area (Å²) in [5.74, 6) is -1.02. The molecule has 2 aromatic carbocycles. The number of aromatic carboxylic acids is 1. The zero-order valence-electron chi connectivity index (χ0n) is 10.1. The molecule has 0 fully saturated rings. The van der Waals surface area contributed by atoms with Gasteiger partial charge in [-0.15, -0.1) is 0 Å². The van der Waals surface area contributed by atoms with Crippen LogP contribution >= 0.6 is 0 Å². The maximum atomic E-state index is 11.1. The van der Waals surface area contributed by atoms with Gasteiger partial charge < -0.3 is 10.2 Å². The van der Waals surface area contributed by atoms with E-state index in [4.69, 9.17) is 10.2 Å². The Morgan fingerprint density at radius 2 is 1.67 bits per heavy atom. The van der Waals surface area contributed by atoms with E-state index in [1.54, 1.807) is 12.1 Å². The van der Waals surface area contributed by atoms with Crippen LogP contribution < -0.4 is 0 Å². The first-order valence-corrected chi connectivity index (χ1v) is 5.66. The van der Waals surface area contributed by atoms with Crippen molar-refractivity contribution < 1.29 is 15.0 Å². The molecule has 0 aliphatic heterocycles. The van der Waals surface area contributed by atoms with Crippen molar-refractivity contribution in [3.8, 4) is 11.1 Å². The molecule has 0 aromatic heterocycles. The largest absolute Gasteiger partial charge is 0.478 e. The van der Waals surface area contributed by atoms with E-state index in [0.29, 0.717) is 5.56 Å². The van der Waals surface area contributed by atoms with Crippen LogP contribution in [0.15, 0.2) is 42.5 Å². The van der Waals surface area contributed by atoms with Gasteiger partial charge in [0.05, 0.1) is 12.2 Å². The monoisotopic (exact) mass is 242 g/mol. The lowest BCUT2D eigenvalue weighted by atomic mass is 9.99. The Morgan fingerprint density at radius 3 is 2.22 bits per heavy atom. The molecule has 2 rings (SSSR count). The third-order valence-electron chi connectivity index (χ3n) is 2.90. The van der Waals surface area contributed by atoms with E-state index in [2.05, 4.69) is 0 Å². The smallest absolute Gasteiger partial charge is 0.336 e. The number of carbonyl (C=O) groups is 1. The molecule has 0 atom stereocenters. The Kier molecular flexibility index (Phi) is 3.44. The molecule has 0 aliphatic rings. The third kappa shape index (κ3) is 2.41. The minimum Gasteiger partial charge on any atom is -0.478 e. The molecular weight excluding hydrogens is 228 g/mol. The van der Waals surface area contributed by atoms with Crippen LogP contribution in [-0.2, 0) is 6.61 Å². The van der Waals surface area contributed by atoms with Gasteiger partial charge in [0.15, 0.2) is 0 Å². The number of hydrogen-bond donors (Lipinski definition) is 2.